The first kappa shape index (κ1) is 12.9. The molecule has 0 spiro atoms. The Balaban J connectivity index is 2.18. The van der Waals surface area contributed by atoms with Crippen LogP contribution in [0.15, 0.2) is 18.2 Å². The van der Waals surface area contributed by atoms with Crippen molar-refractivity contribution in [2.45, 2.75) is 31.7 Å². The van der Waals surface area contributed by atoms with E-state index in [0.29, 0.717) is 21.5 Å². The lowest BCUT2D eigenvalue weighted by molar-refractivity contribution is -0.123. The Morgan fingerprint density at radius 1 is 1.41 bits per heavy atom. The van der Waals surface area contributed by atoms with E-state index in [9.17, 15) is 4.79 Å². The first-order chi connectivity index (χ1) is 7.93. The molecule has 1 fully saturated rings. The van der Waals surface area contributed by atoms with E-state index in [1.165, 1.54) is 0 Å². The summed E-state index contributed by atoms with van der Waals surface area (Å²) >= 11 is 12.1. The highest BCUT2D eigenvalue weighted by atomic mass is 35.5. The lowest BCUT2D eigenvalue weighted by atomic mass is 9.88. The van der Waals surface area contributed by atoms with Gasteiger partial charge in [0.25, 0.3) is 0 Å². The van der Waals surface area contributed by atoms with Crippen molar-refractivity contribution < 1.29 is 4.79 Å². The van der Waals surface area contributed by atoms with Crippen LogP contribution in [-0.2, 0) is 11.2 Å². The molecule has 1 aromatic rings. The Morgan fingerprint density at radius 2 is 1.94 bits per heavy atom. The van der Waals surface area contributed by atoms with Gasteiger partial charge in [0.15, 0.2) is 5.78 Å². The predicted molar refractivity (Wildman–Crippen MR) is 70.5 cm³/mol. The Kier molecular flexibility index (Phi) is 3.48. The molecular formula is C13H15Cl2NO. The Bertz CT molecular complexity index is 432. The molecule has 0 bridgehead atoms. The molecule has 2 N–H and O–H groups in total. The van der Waals surface area contributed by atoms with Crippen molar-refractivity contribution in [3.8, 4) is 0 Å². The average molecular weight is 272 g/mol. The molecule has 4 heteroatoms. The van der Waals surface area contributed by atoms with Crippen LogP contribution in [0.3, 0.4) is 0 Å². The molecule has 1 atom stereocenters. The fourth-order valence-corrected chi connectivity index (χ4v) is 2.49. The van der Waals surface area contributed by atoms with E-state index in [2.05, 4.69) is 0 Å². The monoisotopic (exact) mass is 271 g/mol. The van der Waals surface area contributed by atoms with Crippen molar-refractivity contribution in [2.75, 3.05) is 0 Å². The van der Waals surface area contributed by atoms with Gasteiger partial charge in [-0.05, 0) is 43.4 Å². The molecule has 0 radical (unpaired) electrons. The number of rotatable bonds is 4. The first-order valence-electron chi connectivity index (χ1n) is 5.68. The average Bonchev–Trinajstić information content (AvgIpc) is 3.07. The van der Waals surface area contributed by atoms with Gasteiger partial charge in [0.05, 0.1) is 5.54 Å². The maximum atomic E-state index is 12.2. The standard InChI is InChI=1S/C13H15Cl2NO/c1-13(16,8-5-6-8)12(17)7-9-10(14)3-2-4-11(9)15/h2-4,8H,5-7,16H2,1H3. The topological polar surface area (TPSA) is 43.1 Å². The van der Waals surface area contributed by atoms with Gasteiger partial charge in [-0.25, -0.2) is 0 Å². The second kappa shape index (κ2) is 4.60. The van der Waals surface area contributed by atoms with Gasteiger partial charge in [-0.3, -0.25) is 4.79 Å². The fourth-order valence-electron chi connectivity index (χ4n) is 1.96. The van der Waals surface area contributed by atoms with Crippen LogP contribution in [0.5, 0.6) is 0 Å². The molecule has 0 amide bonds. The van der Waals surface area contributed by atoms with Crippen molar-refractivity contribution >= 4 is 29.0 Å². The zero-order valence-electron chi connectivity index (χ0n) is 9.67. The normalized spacial score (nSPS) is 18.8. The van der Waals surface area contributed by atoms with E-state index < -0.39 is 5.54 Å². The summed E-state index contributed by atoms with van der Waals surface area (Å²) in [6.45, 7) is 1.80. The third kappa shape index (κ3) is 2.65. The third-order valence-electron chi connectivity index (χ3n) is 3.43. The molecule has 92 valence electrons. The molecule has 1 aliphatic carbocycles. The minimum absolute atomic E-state index is 0.00926. The summed E-state index contributed by atoms with van der Waals surface area (Å²) in [6, 6.07) is 5.24. The van der Waals surface area contributed by atoms with Crippen LogP contribution in [0, 0.1) is 5.92 Å². The molecule has 0 saturated heterocycles. The molecule has 0 aromatic heterocycles. The molecule has 2 rings (SSSR count). The first-order valence-corrected chi connectivity index (χ1v) is 6.43. The highest BCUT2D eigenvalue weighted by Crippen LogP contribution is 2.39. The predicted octanol–water partition coefficient (Wildman–Crippen LogP) is 3.23. The van der Waals surface area contributed by atoms with Crippen molar-refractivity contribution in [1.29, 1.82) is 0 Å². The van der Waals surface area contributed by atoms with Crippen molar-refractivity contribution in [2.24, 2.45) is 11.7 Å². The third-order valence-corrected chi connectivity index (χ3v) is 4.13. The summed E-state index contributed by atoms with van der Waals surface area (Å²) in [4.78, 5) is 12.2. The number of Topliss-reactive ketones (excluding diaryl/α,β-unsaturated/α-hetero) is 1. The van der Waals surface area contributed by atoms with Crippen LogP contribution in [0.4, 0.5) is 0 Å². The van der Waals surface area contributed by atoms with Crippen molar-refractivity contribution in [3.63, 3.8) is 0 Å². The largest absolute Gasteiger partial charge is 0.319 e. The van der Waals surface area contributed by atoms with Crippen LogP contribution < -0.4 is 5.73 Å². The quantitative estimate of drug-likeness (QED) is 0.914. The van der Waals surface area contributed by atoms with Gasteiger partial charge in [0.1, 0.15) is 0 Å². The number of ketones is 1. The van der Waals surface area contributed by atoms with E-state index in [1.54, 1.807) is 25.1 Å². The zero-order valence-corrected chi connectivity index (χ0v) is 11.2. The van der Waals surface area contributed by atoms with Gasteiger partial charge in [-0.2, -0.15) is 0 Å². The highest BCUT2D eigenvalue weighted by molar-refractivity contribution is 6.36. The maximum absolute atomic E-state index is 12.2. The van der Waals surface area contributed by atoms with E-state index >= 15 is 0 Å². The second-order valence-corrected chi connectivity index (χ2v) is 5.67. The minimum atomic E-state index is -0.748. The second-order valence-electron chi connectivity index (χ2n) is 4.86. The summed E-state index contributed by atoms with van der Waals surface area (Å²) in [7, 11) is 0. The van der Waals surface area contributed by atoms with Gasteiger partial charge < -0.3 is 5.73 Å². The SMILES string of the molecule is CC(N)(C(=O)Cc1c(Cl)cccc1Cl)C1CC1. The lowest BCUT2D eigenvalue weighted by Crippen LogP contribution is -2.48. The minimum Gasteiger partial charge on any atom is -0.319 e. The maximum Gasteiger partial charge on any atom is 0.157 e. The Morgan fingerprint density at radius 3 is 2.41 bits per heavy atom. The van der Waals surface area contributed by atoms with Crippen LogP contribution in [0.2, 0.25) is 10.0 Å². The Hall–Kier alpha value is -0.570. The number of benzene rings is 1. The van der Waals surface area contributed by atoms with E-state index in [0.717, 1.165) is 12.8 Å². The lowest BCUT2D eigenvalue weighted by Gasteiger charge is -2.23. The van der Waals surface area contributed by atoms with Crippen molar-refractivity contribution in [3.05, 3.63) is 33.8 Å². The van der Waals surface area contributed by atoms with Gasteiger partial charge in [0.2, 0.25) is 0 Å². The molecule has 17 heavy (non-hydrogen) atoms. The summed E-state index contributed by atoms with van der Waals surface area (Å²) in [6.07, 6.45) is 2.28. The molecular weight excluding hydrogens is 257 g/mol. The highest BCUT2D eigenvalue weighted by Gasteiger charge is 2.43. The Labute approximate surface area is 111 Å². The van der Waals surface area contributed by atoms with Crippen LogP contribution in [0.1, 0.15) is 25.3 Å². The summed E-state index contributed by atoms with van der Waals surface area (Å²) in [5.41, 5.74) is 6.01. The number of carbonyl (C=O) groups is 1. The molecule has 1 aliphatic rings. The number of halogens is 2. The van der Waals surface area contributed by atoms with E-state index in [-0.39, 0.29) is 12.2 Å². The molecule has 1 aromatic carbocycles. The van der Waals surface area contributed by atoms with E-state index in [4.69, 9.17) is 28.9 Å². The number of nitrogens with two attached hydrogens (primary N) is 1. The zero-order chi connectivity index (χ0) is 12.6. The van der Waals surface area contributed by atoms with Crippen LogP contribution >= 0.6 is 23.2 Å². The van der Waals surface area contributed by atoms with Gasteiger partial charge in [-0.1, -0.05) is 29.3 Å². The summed E-state index contributed by atoms with van der Waals surface area (Å²) in [5, 5.41) is 1.05. The molecule has 2 nitrogen and oxygen atoms in total. The molecule has 1 saturated carbocycles. The van der Waals surface area contributed by atoms with Crippen molar-refractivity contribution in [1.82, 2.24) is 0 Å². The molecule has 0 heterocycles. The summed E-state index contributed by atoms with van der Waals surface area (Å²) in [5.74, 6) is 0.325. The van der Waals surface area contributed by atoms with E-state index in [1.807, 2.05) is 0 Å². The fraction of sp³-hybridized carbons (Fsp3) is 0.462. The van der Waals surface area contributed by atoms with Gasteiger partial charge >= 0.3 is 0 Å². The summed E-state index contributed by atoms with van der Waals surface area (Å²) < 4.78 is 0. The number of hydrogen-bond donors (Lipinski definition) is 1. The van der Waals surface area contributed by atoms with Gasteiger partial charge in [0, 0.05) is 16.5 Å². The number of carbonyl (C=O) groups excluding carboxylic acids is 1. The van der Waals surface area contributed by atoms with Crippen LogP contribution in [-0.4, -0.2) is 11.3 Å². The molecule has 1 unspecified atom stereocenters. The molecule has 0 aliphatic heterocycles. The smallest absolute Gasteiger partial charge is 0.157 e. The number of hydrogen-bond acceptors (Lipinski definition) is 2. The van der Waals surface area contributed by atoms with Gasteiger partial charge in [-0.15, -0.1) is 0 Å². The van der Waals surface area contributed by atoms with Crippen LogP contribution in [0.25, 0.3) is 0 Å².